The van der Waals surface area contributed by atoms with Crippen LogP contribution in [-0.2, 0) is 0 Å². The molecule has 2 heterocycles. The van der Waals surface area contributed by atoms with E-state index in [1.807, 2.05) is 0 Å². The van der Waals surface area contributed by atoms with Crippen LogP contribution >= 0.6 is 27.3 Å². The molecule has 3 nitrogen and oxygen atoms in total. The molecule has 0 bridgehead atoms. The Kier molecular flexibility index (Phi) is 0.954. The molecule has 0 radical (unpaired) electrons. The molecule has 2 aromatic heterocycles. The summed E-state index contributed by atoms with van der Waals surface area (Å²) in [6, 6.07) is -0.243. The molecule has 0 amide bonds. The third-order valence-electron chi connectivity index (χ3n) is 0.969. The van der Waals surface area contributed by atoms with Crippen LogP contribution in [0.4, 0.5) is 0 Å². The smallest absolute Gasteiger partial charge is 0.211 e. The summed E-state index contributed by atoms with van der Waals surface area (Å²) in [5, 5.41) is 4.22. The van der Waals surface area contributed by atoms with Gasteiger partial charge in [-0.05, 0) is 22.0 Å². The molecule has 0 aliphatic heterocycles. The quantitative estimate of drug-likeness (QED) is 0.756. The lowest BCUT2D eigenvalue weighted by Crippen LogP contribution is -1.91. The second-order valence-corrected chi connectivity index (χ2v) is 3.17. The van der Waals surface area contributed by atoms with Crippen molar-refractivity contribution in [2.45, 2.75) is 0 Å². The zero-order valence-electron chi connectivity index (χ0n) is 9.13. The minimum absolute atomic E-state index is 0.193. The van der Waals surface area contributed by atoms with E-state index < -0.39 is 0 Å². The highest BCUT2D eigenvalue weighted by Crippen LogP contribution is 2.17. The fraction of sp³-hybridized carbons (Fsp3) is 0. The molecule has 11 heavy (non-hydrogen) atoms. The van der Waals surface area contributed by atoms with Gasteiger partial charge in [-0.25, -0.2) is 9.67 Å². The number of rotatable bonds is 1. The molecule has 0 unspecified atom stereocenters. The van der Waals surface area contributed by atoms with E-state index in [1.165, 1.54) is 0 Å². The van der Waals surface area contributed by atoms with Gasteiger partial charge in [0.05, 0.1) is 5.48 Å². The molecule has 0 saturated heterocycles. The van der Waals surface area contributed by atoms with Crippen molar-refractivity contribution in [1.29, 1.82) is 0 Å². The van der Waals surface area contributed by atoms with Crippen LogP contribution in [0, 0.1) is 0 Å². The van der Waals surface area contributed by atoms with Crippen LogP contribution in [0.2, 0.25) is 0 Å². The molecule has 56 valence electrons. The van der Waals surface area contributed by atoms with Crippen molar-refractivity contribution in [2.75, 3.05) is 0 Å². The maximum Gasteiger partial charge on any atom is 0.211 e. The Morgan fingerprint density at radius 1 is 1.73 bits per heavy atom. The summed E-state index contributed by atoms with van der Waals surface area (Å²) in [6.45, 7) is 0. The Balaban J connectivity index is 2.59. The lowest BCUT2D eigenvalue weighted by Gasteiger charge is -1.90. The minimum atomic E-state index is -0.266. The first-order valence-corrected chi connectivity index (χ1v) is 4.27. The number of hydrogen-bond donors (Lipinski definition) is 0. The first-order chi connectivity index (χ1) is 7.00. The van der Waals surface area contributed by atoms with Gasteiger partial charge in [0.15, 0.2) is 0 Å². The zero-order valence-corrected chi connectivity index (χ0v) is 7.53. The monoisotopic (exact) mass is 233 g/mol. The first kappa shape index (κ1) is 3.82. The Morgan fingerprint density at radius 2 is 2.64 bits per heavy atom. The Labute approximate surface area is 81.4 Å². The van der Waals surface area contributed by atoms with Gasteiger partial charge in [0.25, 0.3) is 0 Å². The summed E-state index contributed by atoms with van der Waals surface area (Å²) < 4.78 is 31.0. The van der Waals surface area contributed by atoms with Crippen molar-refractivity contribution in [1.82, 2.24) is 14.8 Å². The molecule has 2 aromatic rings. The second-order valence-electron chi connectivity index (χ2n) is 1.65. The number of nitrogens with zero attached hydrogens (tertiary/aromatic N) is 3. The van der Waals surface area contributed by atoms with E-state index >= 15 is 0 Å². The predicted molar refractivity (Wildman–Crippen MR) is 46.9 cm³/mol. The average molecular weight is 234 g/mol. The van der Waals surface area contributed by atoms with Crippen LogP contribution in [0.3, 0.4) is 0 Å². The van der Waals surface area contributed by atoms with E-state index in [-0.39, 0.29) is 23.7 Å². The first-order valence-electron chi connectivity index (χ1n) is 4.67. The normalized spacial score (nSPS) is 15.4. The maximum atomic E-state index is 7.52. The maximum absolute atomic E-state index is 7.52. The van der Waals surface area contributed by atoms with Gasteiger partial charge < -0.3 is 0 Å². The Hall–Kier alpha value is -0.680. The van der Waals surface area contributed by atoms with Crippen LogP contribution in [0.5, 0.6) is 0 Å². The lowest BCUT2D eigenvalue weighted by molar-refractivity contribution is 0.867. The molecule has 0 fully saturated rings. The molecule has 0 N–H and O–H groups in total. The highest BCUT2D eigenvalue weighted by atomic mass is 79.9. The second kappa shape index (κ2) is 2.75. The van der Waals surface area contributed by atoms with Gasteiger partial charge in [-0.3, -0.25) is 0 Å². The minimum Gasteiger partial charge on any atom is -0.214 e. The van der Waals surface area contributed by atoms with Gasteiger partial charge in [-0.2, -0.15) is 5.10 Å². The molecule has 0 aliphatic carbocycles. The molecule has 5 heteroatoms. The van der Waals surface area contributed by atoms with Gasteiger partial charge in [0.1, 0.15) is 4.60 Å². The molecule has 0 atom stereocenters. The van der Waals surface area contributed by atoms with Crippen LogP contribution in [0.25, 0.3) is 5.13 Å². The van der Waals surface area contributed by atoms with Crippen molar-refractivity contribution < 1.29 is 5.48 Å². The summed E-state index contributed by atoms with van der Waals surface area (Å²) in [4.78, 5) is 3.96. The van der Waals surface area contributed by atoms with Crippen molar-refractivity contribution in [3.8, 4) is 5.13 Å². The van der Waals surface area contributed by atoms with Gasteiger partial charge in [-0.1, -0.05) is 0 Å². The van der Waals surface area contributed by atoms with E-state index in [0.717, 1.165) is 16.0 Å². The summed E-state index contributed by atoms with van der Waals surface area (Å²) in [7, 11) is 0. The number of thiazole rings is 1. The molecule has 0 spiro atoms. The average Bonchev–Trinajstić information content (AvgIpc) is 2.63. The van der Waals surface area contributed by atoms with Crippen molar-refractivity contribution in [3.05, 3.63) is 28.3 Å². The van der Waals surface area contributed by atoms with Crippen LogP contribution in [-0.4, -0.2) is 14.8 Å². The summed E-state index contributed by atoms with van der Waals surface area (Å²) in [6.07, 6.45) is -0.459. The zero-order chi connectivity index (χ0) is 11.2. The van der Waals surface area contributed by atoms with E-state index in [9.17, 15) is 0 Å². The fourth-order valence-electron chi connectivity index (χ4n) is 0.577. The van der Waals surface area contributed by atoms with E-state index in [2.05, 4.69) is 26.0 Å². The van der Waals surface area contributed by atoms with E-state index in [0.29, 0.717) is 9.73 Å². The summed E-state index contributed by atoms with van der Waals surface area (Å²) in [5.41, 5.74) is 0. The van der Waals surface area contributed by atoms with Gasteiger partial charge in [0.2, 0.25) is 5.13 Å². The van der Waals surface area contributed by atoms with Gasteiger partial charge >= 0.3 is 0 Å². The summed E-state index contributed by atoms with van der Waals surface area (Å²) in [5.74, 6) is 0. The van der Waals surface area contributed by atoms with Crippen LogP contribution in [0.15, 0.2) is 28.3 Å². The van der Waals surface area contributed by atoms with Crippen LogP contribution < -0.4 is 0 Å². The molecule has 0 aliphatic rings. The Morgan fingerprint density at radius 3 is 3.18 bits per heavy atom. The Bertz CT molecular complexity index is 503. The van der Waals surface area contributed by atoms with Crippen molar-refractivity contribution in [3.63, 3.8) is 0 Å². The molecule has 2 rings (SSSR count). The fourth-order valence-corrected chi connectivity index (χ4v) is 1.64. The molecular formula is C6H4BrN3S. The number of halogens is 1. The highest BCUT2D eigenvalue weighted by molar-refractivity contribution is 9.10. The lowest BCUT2D eigenvalue weighted by atomic mass is 10.8. The van der Waals surface area contributed by atoms with Crippen molar-refractivity contribution in [2.24, 2.45) is 0 Å². The standard InChI is InChI=1S/C6H4BrN3S/c7-5-4-11-6(9-5)10-3-1-2-8-10/h1-4H/i1D,2D,3D,4D. The molecule has 0 aromatic carbocycles. The molecule has 0 saturated carbocycles. The number of hydrogen-bond acceptors (Lipinski definition) is 3. The summed E-state index contributed by atoms with van der Waals surface area (Å²) >= 11 is 4.11. The largest absolute Gasteiger partial charge is 0.214 e. The van der Waals surface area contributed by atoms with Crippen LogP contribution in [0.1, 0.15) is 5.48 Å². The topological polar surface area (TPSA) is 30.7 Å². The predicted octanol–water partition coefficient (Wildman–Crippen LogP) is 2.09. The van der Waals surface area contributed by atoms with Gasteiger partial charge in [-0.15, -0.1) is 11.3 Å². The van der Waals surface area contributed by atoms with Gasteiger partial charge in [0, 0.05) is 17.7 Å². The molecular weight excluding hydrogens is 226 g/mol. The third kappa shape index (κ3) is 1.34. The third-order valence-corrected chi connectivity index (χ3v) is 2.35. The van der Waals surface area contributed by atoms with E-state index in [1.54, 1.807) is 0 Å². The van der Waals surface area contributed by atoms with E-state index in [4.69, 9.17) is 5.48 Å². The highest BCUT2D eigenvalue weighted by Gasteiger charge is 1.99. The SMILES string of the molecule is [2H]c1nn(-c2nc(Br)c([2H])s2)c([2H])c1[2H]. The van der Waals surface area contributed by atoms with Crippen molar-refractivity contribution >= 4 is 27.3 Å². The number of aromatic nitrogens is 3.